The summed E-state index contributed by atoms with van der Waals surface area (Å²) in [6.45, 7) is 1.74. The highest BCUT2D eigenvalue weighted by Gasteiger charge is 2.39. The summed E-state index contributed by atoms with van der Waals surface area (Å²) in [5.41, 5.74) is -0.0832. The lowest BCUT2D eigenvalue weighted by molar-refractivity contribution is -0.139. The molecule has 0 aromatic carbocycles. The summed E-state index contributed by atoms with van der Waals surface area (Å²) in [6, 6.07) is -0.199. The van der Waals surface area contributed by atoms with E-state index in [1.54, 1.807) is 12.0 Å². The molecule has 0 radical (unpaired) electrons. The zero-order chi connectivity index (χ0) is 15.0. The van der Waals surface area contributed by atoms with Crippen molar-refractivity contribution in [3.05, 3.63) is 11.9 Å². The van der Waals surface area contributed by atoms with Gasteiger partial charge in [0.15, 0.2) is 5.69 Å². The van der Waals surface area contributed by atoms with Gasteiger partial charge in [-0.05, 0) is 6.42 Å². The molecule has 0 bridgehead atoms. The van der Waals surface area contributed by atoms with Gasteiger partial charge in [0.25, 0.3) is 0 Å². The molecule has 114 valence electrons. The molecule has 3 heterocycles. The summed E-state index contributed by atoms with van der Waals surface area (Å²) in [6.07, 6.45) is 2.16. The molecule has 1 amide bonds. The highest BCUT2D eigenvalue weighted by Crippen LogP contribution is 2.23. The number of aromatic nitrogens is 3. The molecule has 9 heteroatoms. The van der Waals surface area contributed by atoms with Crippen molar-refractivity contribution in [1.82, 2.24) is 25.2 Å². The molecule has 1 aromatic rings. The van der Waals surface area contributed by atoms with E-state index >= 15 is 0 Å². The largest absolute Gasteiger partial charge is 0.476 e. The number of carbonyl (C=O) groups is 2. The maximum atomic E-state index is 12.2. The second-order valence-corrected chi connectivity index (χ2v) is 5.34. The van der Waals surface area contributed by atoms with E-state index in [9.17, 15) is 9.59 Å². The van der Waals surface area contributed by atoms with E-state index < -0.39 is 5.97 Å². The number of ether oxygens (including phenoxy) is 1. The van der Waals surface area contributed by atoms with Gasteiger partial charge in [-0.1, -0.05) is 5.21 Å². The van der Waals surface area contributed by atoms with E-state index in [1.165, 1.54) is 10.9 Å². The summed E-state index contributed by atoms with van der Waals surface area (Å²) in [5.74, 6) is -1.04. The Labute approximate surface area is 120 Å². The Morgan fingerprint density at radius 1 is 1.48 bits per heavy atom. The second-order valence-electron chi connectivity index (χ2n) is 5.34. The minimum atomic E-state index is -1.10. The van der Waals surface area contributed by atoms with Crippen LogP contribution in [0.4, 0.5) is 0 Å². The third kappa shape index (κ3) is 2.61. The molecular formula is C12H17N5O4. The van der Waals surface area contributed by atoms with Crippen LogP contribution in [0, 0.1) is 0 Å². The predicted octanol–water partition coefficient (Wildman–Crippen LogP) is -1.26. The molecule has 2 saturated heterocycles. The zero-order valence-corrected chi connectivity index (χ0v) is 11.6. The lowest BCUT2D eigenvalue weighted by atomic mass is 10.1. The van der Waals surface area contributed by atoms with Crippen LogP contribution in [0.15, 0.2) is 6.20 Å². The molecule has 2 N–H and O–H groups in total. The first-order valence-corrected chi connectivity index (χ1v) is 6.78. The molecule has 2 aliphatic rings. The summed E-state index contributed by atoms with van der Waals surface area (Å²) >= 11 is 0. The number of carboxylic acid groups (broad SMARTS) is 1. The van der Waals surface area contributed by atoms with Crippen molar-refractivity contribution in [2.24, 2.45) is 0 Å². The number of nitrogens with one attached hydrogen (secondary N) is 1. The number of rotatable bonds is 4. The quantitative estimate of drug-likeness (QED) is 0.713. The number of carbonyl (C=O) groups excluding carboxylic acids is 1. The number of hydrogen-bond donors (Lipinski definition) is 2. The molecule has 21 heavy (non-hydrogen) atoms. The van der Waals surface area contributed by atoms with Crippen molar-refractivity contribution in [3.63, 3.8) is 0 Å². The number of nitrogens with zero attached hydrogens (tertiary/aromatic N) is 4. The van der Waals surface area contributed by atoms with Crippen LogP contribution in [0.3, 0.4) is 0 Å². The van der Waals surface area contributed by atoms with Crippen LogP contribution in [-0.2, 0) is 9.53 Å². The molecule has 2 atom stereocenters. The van der Waals surface area contributed by atoms with Gasteiger partial charge in [0.05, 0.1) is 24.4 Å². The summed E-state index contributed by atoms with van der Waals surface area (Å²) in [4.78, 5) is 24.7. The van der Waals surface area contributed by atoms with Crippen molar-refractivity contribution in [2.75, 3.05) is 26.7 Å². The van der Waals surface area contributed by atoms with Crippen molar-refractivity contribution >= 4 is 11.9 Å². The number of likely N-dealkylation sites (tertiary alicyclic amines) is 1. The Bertz CT molecular complexity index is 554. The Balaban J connectivity index is 1.53. The Morgan fingerprint density at radius 2 is 2.24 bits per heavy atom. The third-order valence-electron chi connectivity index (χ3n) is 4.00. The Morgan fingerprint density at radius 3 is 2.81 bits per heavy atom. The van der Waals surface area contributed by atoms with Crippen LogP contribution in [0.5, 0.6) is 0 Å². The first kappa shape index (κ1) is 14.0. The van der Waals surface area contributed by atoms with E-state index in [0.29, 0.717) is 26.1 Å². The predicted molar refractivity (Wildman–Crippen MR) is 69.8 cm³/mol. The monoisotopic (exact) mass is 295 g/mol. The lowest BCUT2D eigenvalue weighted by Gasteiger charge is -2.40. The van der Waals surface area contributed by atoms with Gasteiger partial charge in [-0.2, -0.15) is 0 Å². The van der Waals surface area contributed by atoms with Gasteiger partial charge < -0.3 is 20.1 Å². The molecule has 2 unspecified atom stereocenters. The first-order valence-electron chi connectivity index (χ1n) is 6.78. The number of hydrogen-bond acceptors (Lipinski definition) is 6. The molecule has 3 rings (SSSR count). The van der Waals surface area contributed by atoms with Crippen LogP contribution in [0.25, 0.3) is 0 Å². The fraction of sp³-hybridized carbons (Fsp3) is 0.667. The normalized spacial score (nSPS) is 25.9. The minimum Gasteiger partial charge on any atom is -0.476 e. The van der Waals surface area contributed by atoms with Crippen LogP contribution in [0.2, 0.25) is 0 Å². The Hall–Kier alpha value is -2.00. The van der Waals surface area contributed by atoms with Crippen molar-refractivity contribution < 1.29 is 19.4 Å². The average Bonchev–Trinajstić information content (AvgIpc) is 3.05. The Kier molecular flexibility index (Phi) is 3.60. The van der Waals surface area contributed by atoms with Crippen LogP contribution < -0.4 is 5.32 Å². The van der Waals surface area contributed by atoms with E-state index in [-0.39, 0.29) is 29.8 Å². The smallest absolute Gasteiger partial charge is 0.358 e. The summed E-state index contributed by atoms with van der Waals surface area (Å²) in [7, 11) is 1.64. The van der Waals surface area contributed by atoms with E-state index in [0.717, 1.165) is 0 Å². The SMILES string of the molecule is COC1CNC(C(=O)N2CC(n3cc(C(=O)O)nn3)C2)C1. The van der Waals surface area contributed by atoms with E-state index in [4.69, 9.17) is 9.84 Å². The number of methoxy groups -OCH3 is 1. The van der Waals surface area contributed by atoms with Gasteiger partial charge >= 0.3 is 5.97 Å². The number of amides is 1. The zero-order valence-electron chi connectivity index (χ0n) is 11.6. The van der Waals surface area contributed by atoms with Gasteiger partial charge in [-0.3, -0.25) is 4.79 Å². The van der Waals surface area contributed by atoms with Crippen LogP contribution in [0.1, 0.15) is 23.0 Å². The fourth-order valence-corrected chi connectivity index (χ4v) is 2.65. The van der Waals surface area contributed by atoms with Gasteiger partial charge in [-0.25, -0.2) is 9.48 Å². The maximum absolute atomic E-state index is 12.2. The third-order valence-corrected chi connectivity index (χ3v) is 4.00. The van der Waals surface area contributed by atoms with Crippen LogP contribution >= 0.6 is 0 Å². The van der Waals surface area contributed by atoms with E-state index in [2.05, 4.69) is 15.6 Å². The van der Waals surface area contributed by atoms with E-state index in [1.807, 2.05) is 0 Å². The van der Waals surface area contributed by atoms with Gasteiger partial charge in [-0.15, -0.1) is 5.10 Å². The van der Waals surface area contributed by atoms with Gasteiger partial charge in [0.1, 0.15) is 0 Å². The van der Waals surface area contributed by atoms with Gasteiger partial charge in [0, 0.05) is 26.7 Å². The summed E-state index contributed by atoms with van der Waals surface area (Å²) in [5, 5.41) is 19.3. The standard InChI is InChI=1S/C12H17N5O4/c1-21-8-2-9(13-3-8)11(18)16-4-7(5-16)17-6-10(12(19)20)14-15-17/h6-9,13H,2-5H2,1H3,(H,19,20). The lowest BCUT2D eigenvalue weighted by Crippen LogP contribution is -2.55. The molecule has 0 aliphatic carbocycles. The average molecular weight is 295 g/mol. The maximum Gasteiger partial charge on any atom is 0.358 e. The fourth-order valence-electron chi connectivity index (χ4n) is 2.65. The molecule has 1 aromatic heterocycles. The number of aromatic carboxylic acids is 1. The number of carboxylic acids is 1. The first-order chi connectivity index (χ1) is 10.1. The van der Waals surface area contributed by atoms with Crippen LogP contribution in [-0.4, -0.2) is 75.8 Å². The molecule has 0 spiro atoms. The topological polar surface area (TPSA) is 110 Å². The molecular weight excluding hydrogens is 278 g/mol. The molecule has 0 saturated carbocycles. The van der Waals surface area contributed by atoms with Crippen molar-refractivity contribution in [2.45, 2.75) is 24.6 Å². The van der Waals surface area contributed by atoms with Gasteiger partial charge in [0.2, 0.25) is 5.91 Å². The molecule has 2 fully saturated rings. The highest BCUT2D eigenvalue weighted by atomic mass is 16.5. The minimum absolute atomic E-state index is 0.00539. The van der Waals surface area contributed by atoms with Crippen molar-refractivity contribution in [1.29, 1.82) is 0 Å². The molecule has 9 nitrogen and oxygen atoms in total. The van der Waals surface area contributed by atoms with Crippen molar-refractivity contribution in [3.8, 4) is 0 Å². The summed E-state index contributed by atoms with van der Waals surface area (Å²) < 4.78 is 6.73. The molecule has 2 aliphatic heterocycles. The highest BCUT2D eigenvalue weighted by molar-refractivity contribution is 5.84. The second kappa shape index (κ2) is 5.41.